The first-order valence-electron chi connectivity index (χ1n) is 4.24. The van der Waals surface area contributed by atoms with Crippen LogP contribution in [-0.2, 0) is 9.84 Å². The molecule has 0 bridgehead atoms. The fourth-order valence-corrected chi connectivity index (χ4v) is 1.90. The molecule has 0 aromatic carbocycles. The van der Waals surface area contributed by atoms with Gasteiger partial charge in [0.05, 0.1) is 4.91 Å². The summed E-state index contributed by atoms with van der Waals surface area (Å²) in [7, 11) is -3.06. The highest BCUT2D eigenvalue weighted by atomic mass is 32.2. The van der Waals surface area contributed by atoms with Crippen LogP contribution in [-0.4, -0.2) is 14.7 Å². The molecule has 0 aromatic rings. The van der Waals surface area contributed by atoms with Gasteiger partial charge in [0, 0.05) is 6.26 Å². The Bertz CT molecular complexity index is 370. The summed E-state index contributed by atoms with van der Waals surface area (Å²) in [6, 6.07) is 0. The van der Waals surface area contributed by atoms with Gasteiger partial charge in [-0.25, -0.2) is 8.42 Å². The van der Waals surface area contributed by atoms with Crippen molar-refractivity contribution >= 4 is 9.84 Å². The van der Waals surface area contributed by atoms with Crippen LogP contribution in [0.1, 0.15) is 19.8 Å². The van der Waals surface area contributed by atoms with Gasteiger partial charge >= 0.3 is 0 Å². The molecule has 0 aliphatic heterocycles. The minimum atomic E-state index is -3.06. The standard InChI is InChI=1S/C10H14O2S/c1-9-6-4-3-5-7-10(8-9)13(2,11)12/h3,5,7-8H,4,6H2,1-2H3/b5-3-,9-8+,10-7+. The van der Waals surface area contributed by atoms with E-state index in [0.717, 1.165) is 18.4 Å². The maximum absolute atomic E-state index is 11.3. The lowest BCUT2D eigenvalue weighted by atomic mass is 10.1. The van der Waals surface area contributed by atoms with Crippen LogP contribution in [0, 0.1) is 0 Å². The van der Waals surface area contributed by atoms with E-state index >= 15 is 0 Å². The average molecular weight is 198 g/mol. The molecule has 0 heterocycles. The van der Waals surface area contributed by atoms with Gasteiger partial charge in [-0.15, -0.1) is 0 Å². The highest BCUT2D eigenvalue weighted by Gasteiger charge is 2.08. The summed E-state index contributed by atoms with van der Waals surface area (Å²) in [5.74, 6) is 0. The van der Waals surface area contributed by atoms with Crippen molar-refractivity contribution < 1.29 is 8.42 Å². The molecular formula is C10H14O2S. The van der Waals surface area contributed by atoms with E-state index in [1.807, 2.05) is 13.0 Å². The molecule has 1 aliphatic rings. The second-order valence-electron chi connectivity index (χ2n) is 3.30. The van der Waals surface area contributed by atoms with Crippen molar-refractivity contribution in [3.63, 3.8) is 0 Å². The van der Waals surface area contributed by atoms with E-state index in [1.165, 1.54) is 6.26 Å². The molecule has 3 heteroatoms. The zero-order valence-corrected chi connectivity index (χ0v) is 8.76. The van der Waals surface area contributed by atoms with Crippen LogP contribution < -0.4 is 0 Å². The molecule has 0 saturated carbocycles. The smallest absolute Gasteiger partial charge is 0.175 e. The van der Waals surface area contributed by atoms with Gasteiger partial charge in [-0.3, -0.25) is 0 Å². The van der Waals surface area contributed by atoms with E-state index in [4.69, 9.17) is 0 Å². The van der Waals surface area contributed by atoms with Crippen LogP contribution in [0.4, 0.5) is 0 Å². The highest BCUT2D eigenvalue weighted by Crippen LogP contribution is 2.15. The van der Waals surface area contributed by atoms with Crippen LogP contribution in [0.2, 0.25) is 0 Å². The molecule has 0 amide bonds. The molecule has 0 unspecified atom stereocenters. The molecule has 0 aromatic heterocycles. The van der Waals surface area contributed by atoms with Crippen LogP contribution >= 0.6 is 0 Å². The quantitative estimate of drug-likeness (QED) is 0.647. The lowest BCUT2D eigenvalue weighted by Gasteiger charge is -2.04. The molecule has 0 spiro atoms. The van der Waals surface area contributed by atoms with Crippen molar-refractivity contribution in [3.05, 3.63) is 34.8 Å². The Kier molecular flexibility index (Phi) is 3.09. The molecule has 0 fully saturated rings. The van der Waals surface area contributed by atoms with Gasteiger partial charge in [0.15, 0.2) is 9.84 Å². The summed E-state index contributed by atoms with van der Waals surface area (Å²) < 4.78 is 22.5. The third-order valence-corrected chi connectivity index (χ3v) is 3.03. The van der Waals surface area contributed by atoms with Gasteiger partial charge in [0.25, 0.3) is 0 Å². The van der Waals surface area contributed by atoms with Crippen molar-refractivity contribution in [2.45, 2.75) is 19.8 Å². The summed E-state index contributed by atoms with van der Waals surface area (Å²) in [5, 5.41) is 0. The molecule has 0 atom stereocenters. The zero-order valence-electron chi connectivity index (χ0n) is 7.95. The van der Waals surface area contributed by atoms with E-state index < -0.39 is 9.84 Å². The second-order valence-corrected chi connectivity index (χ2v) is 5.31. The van der Waals surface area contributed by atoms with Gasteiger partial charge in [-0.2, -0.15) is 0 Å². The fourth-order valence-electron chi connectivity index (χ4n) is 1.16. The fraction of sp³-hybridized carbons (Fsp3) is 0.400. The first-order valence-corrected chi connectivity index (χ1v) is 6.13. The van der Waals surface area contributed by atoms with Crippen molar-refractivity contribution in [1.29, 1.82) is 0 Å². The van der Waals surface area contributed by atoms with Crippen LogP contribution in [0.5, 0.6) is 0 Å². The monoisotopic (exact) mass is 198 g/mol. The normalized spacial score (nSPS) is 29.1. The van der Waals surface area contributed by atoms with Crippen molar-refractivity contribution in [1.82, 2.24) is 0 Å². The van der Waals surface area contributed by atoms with Crippen molar-refractivity contribution in [2.24, 2.45) is 0 Å². The Balaban J connectivity index is 3.12. The predicted molar refractivity (Wildman–Crippen MR) is 55.1 cm³/mol. The maximum Gasteiger partial charge on any atom is 0.175 e. The first-order chi connectivity index (χ1) is 6.00. The van der Waals surface area contributed by atoms with Crippen LogP contribution in [0.25, 0.3) is 0 Å². The summed E-state index contributed by atoms with van der Waals surface area (Å²) in [6.45, 7) is 1.96. The van der Waals surface area contributed by atoms with Crippen LogP contribution in [0.3, 0.4) is 0 Å². The van der Waals surface area contributed by atoms with Gasteiger partial charge in [0.1, 0.15) is 0 Å². The number of allylic oxidation sites excluding steroid dienone is 5. The maximum atomic E-state index is 11.3. The molecule has 72 valence electrons. The predicted octanol–water partition coefficient (Wildman–Crippen LogP) is 2.21. The Morgan fingerprint density at radius 2 is 2.08 bits per heavy atom. The molecular weight excluding hydrogens is 184 g/mol. The van der Waals surface area contributed by atoms with E-state index in [9.17, 15) is 8.42 Å². The second kappa shape index (κ2) is 3.92. The molecule has 2 nitrogen and oxygen atoms in total. The minimum Gasteiger partial charge on any atom is -0.224 e. The van der Waals surface area contributed by atoms with Crippen molar-refractivity contribution in [3.8, 4) is 0 Å². The minimum absolute atomic E-state index is 0.404. The Morgan fingerprint density at radius 1 is 1.38 bits per heavy atom. The third kappa shape index (κ3) is 3.19. The largest absolute Gasteiger partial charge is 0.224 e. The molecule has 0 saturated heterocycles. The van der Waals surface area contributed by atoms with Crippen LogP contribution in [0.15, 0.2) is 34.8 Å². The lowest BCUT2D eigenvalue weighted by Crippen LogP contribution is -1.99. The highest BCUT2D eigenvalue weighted by molar-refractivity contribution is 7.94. The number of rotatable bonds is 1. The molecule has 1 aliphatic carbocycles. The Labute approximate surface area is 79.6 Å². The SMILES string of the molecule is C\C1=C/C(S(C)(=O)=O)=C\C=C/CC1. The number of hydrogen-bond donors (Lipinski definition) is 0. The Morgan fingerprint density at radius 3 is 2.69 bits per heavy atom. The molecule has 0 radical (unpaired) electrons. The van der Waals surface area contributed by atoms with Gasteiger partial charge in [-0.1, -0.05) is 17.7 Å². The molecule has 1 rings (SSSR count). The summed E-state index contributed by atoms with van der Waals surface area (Å²) in [5.41, 5.74) is 1.11. The zero-order chi connectivity index (χ0) is 9.90. The summed E-state index contributed by atoms with van der Waals surface area (Å²) in [6.07, 6.45) is 10.3. The molecule has 13 heavy (non-hydrogen) atoms. The Hall–Kier alpha value is -0.830. The number of hydrogen-bond acceptors (Lipinski definition) is 2. The van der Waals surface area contributed by atoms with E-state index in [1.54, 1.807) is 18.2 Å². The summed E-state index contributed by atoms with van der Waals surface area (Å²) in [4.78, 5) is 0.404. The number of sulfone groups is 1. The summed E-state index contributed by atoms with van der Waals surface area (Å²) >= 11 is 0. The third-order valence-electron chi connectivity index (χ3n) is 1.92. The van der Waals surface area contributed by atoms with E-state index in [2.05, 4.69) is 0 Å². The molecule has 0 N–H and O–H groups in total. The average Bonchev–Trinajstić information content (AvgIpc) is 1.94. The van der Waals surface area contributed by atoms with E-state index in [0.29, 0.717) is 4.91 Å². The van der Waals surface area contributed by atoms with Gasteiger partial charge in [0.2, 0.25) is 0 Å². The van der Waals surface area contributed by atoms with Gasteiger partial charge in [-0.05, 0) is 31.9 Å². The lowest BCUT2D eigenvalue weighted by molar-refractivity contribution is 0.608. The van der Waals surface area contributed by atoms with Gasteiger partial charge < -0.3 is 0 Å². The first kappa shape index (κ1) is 10.3. The van der Waals surface area contributed by atoms with E-state index in [-0.39, 0.29) is 0 Å². The topological polar surface area (TPSA) is 34.1 Å². The van der Waals surface area contributed by atoms with Crippen molar-refractivity contribution in [2.75, 3.05) is 6.26 Å².